The van der Waals surface area contributed by atoms with Gasteiger partial charge in [0, 0.05) is 18.0 Å². The van der Waals surface area contributed by atoms with Crippen LogP contribution < -0.4 is 11.1 Å². The molecule has 16 heavy (non-hydrogen) atoms. The molecule has 0 spiro atoms. The molecule has 0 aromatic carbocycles. The molecule has 0 saturated carbocycles. The number of morpholine rings is 1. The highest BCUT2D eigenvalue weighted by Crippen LogP contribution is 2.23. The zero-order chi connectivity index (χ0) is 11.4. The molecule has 1 saturated heterocycles. The molecule has 1 aromatic heterocycles. The summed E-state index contributed by atoms with van der Waals surface area (Å²) in [5.41, 5.74) is 5.57. The van der Waals surface area contributed by atoms with Crippen molar-refractivity contribution in [1.82, 2.24) is 10.2 Å². The predicted molar refractivity (Wildman–Crippen MR) is 69.4 cm³/mol. The number of nitrogens with zero attached hydrogens (tertiary/aromatic N) is 1. The number of nitrogens with two attached hydrogens (primary N) is 1. The summed E-state index contributed by atoms with van der Waals surface area (Å²) in [7, 11) is 0. The third-order valence-electron chi connectivity index (χ3n) is 2.50. The minimum atomic E-state index is 0.0846. The van der Waals surface area contributed by atoms with E-state index in [1.807, 2.05) is 6.07 Å². The van der Waals surface area contributed by atoms with Crippen LogP contribution in [0.3, 0.4) is 0 Å². The molecule has 1 aliphatic heterocycles. The summed E-state index contributed by atoms with van der Waals surface area (Å²) in [6, 6.07) is 4.13. The van der Waals surface area contributed by atoms with Crippen molar-refractivity contribution in [2.45, 2.75) is 6.17 Å². The molecular formula is C10H15N3OS2. The molecule has 1 aromatic rings. The van der Waals surface area contributed by atoms with E-state index in [2.05, 4.69) is 21.7 Å². The molecular weight excluding hydrogens is 242 g/mol. The van der Waals surface area contributed by atoms with Gasteiger partial charge < -0.3 is 15.8 Å². The molecule has 4 nitrogen and oxygen atoms in total. The first kappa shape index (κ1) is 11.8. The first-order valence-corrected chi connectivity index (χ1v) is 6.47. The van der Waals surface area contributed by atoms with Crippen molar-refractivity contribution in [3.63, 3.8) is 0 Å². The molecule has 1 aliphatic rings. The lowest BCUT2D eigenvalue weighted by molar-refractivity contribution is 0.0136. The molecule has 0 amide bonds. The van der Waals surface area contributed by atoms with Gasteiger partial charge in [-0.1, -0.05) is 6.07 Å². The first-order valence-electron chi connectivity index (χ1n) is 5.18. The maximum absolute atomic E-state index is 5.57. The van der Waals surface area contributed by atoms with Crippen molar-refractivity contribution < 1.29 is 4.74 Å². The summed E-state index contributed by atoms with van der Waals surface area (Å²) in [6.45, 7) is 3.33. The van der Waals surface area contributed by atoms with E-state index in [0.29, 0.717) is 5.11 Å². The zero-order valence-corrected chi connectivity index (χ0v) is 10.5. The molecule has 1 atom stereocenters. The molecule has 0 radical (unpaired) electrons. The van der Waals surface area contributed by atoms with Crippen LogP contribution in [0.1, 0.15) is 11.0 Å². The van der Waals surface area contributed by atoms with Crippen molar-refractivity contribution in [2.24, 2.45) is 5.73 Å². The number of thiophene rings is 1. The Bertz CT molecular complexity index is 336. The van der Waals surface area contributed by atoms with Crippen molar-refractivity contribution in [3.8, 4) is 0 Å². The molecule has 88 valence electrons. The summed E-state index contributed by atoms with van der Waals surface area (Å²) in [6.07, 6.45) is 0.0846. The van der Waals surface area contributed by atoms with Gasteiger partial charge in [0.1, 0.15) is 6.17 Å². The van der Waals surface area contributed by atoms with Gasteiger partial charge in [0.05, 0.1) is 13.2 Å². The summed E-state index contributed by atoms with van der Waals surface area (Å²) in [5, 5.41) is 5.54. The Morgan fingerprint density at radius 2 is 2.31 bits per heavy atom. The standard InChI is InChI=1S/C10H15N3OS2/c11-10(15)12-9(8-2-1-7-16-8)13-3-5-14-6-4-13/h1-2,7,9H,3-6H2,(H3,11,12,15). The van der Waals surface area contributed by atoms with Crippen LogP contribution in [0.2, 0.25) is 0 Å². The number of hydrogen-bond acceptors (Lipinski definition) is 4. The Balaban J connectivity index is 2.10. The topological polar surface area (TPSA) is 50.5 Å². The van der Waals surface area contributed by atoms with Crippen molar-refractivity contribution in [2.75, 3.05) is 26.3 Å². The Hall–Kier alpha value is -0.690. The molecule has 1 unspecified atom stereocenters. The van der Waals surface area contributed by atoms with E-state index in [-0.39, 0.29) is 6.17 Å². The second-order valence-corrected chi connectivity index (χ2v) is 4.99. The fourth-order valence-corrected chi connectivity index (χ4v) is 2.68. The molecule has 0 bridgehead atoms. The van der Waals surface area contributed by atoms with Gasteiger partial charge in [-0.3, -0.25) is 4.90 Å². The minimum Gasteiger partial charge on any atom is -0.379 e. The molecule has 3 N–H and O–H groups in total. The van der Waals surface area contributed by atoms with E-state index in [4.69, 9.17) is 22.7 Å². The Morgan fingerprint density at radius 1 is 1.56 bits per heavy atom. The second kappa shape index (κ2) is 5.58. The lowest BCUT2D eigenvalue weighted by atomic mass is 10.3. The monoisotopic (exact) mass is 257 g/mol. The first-order chi connectivity index (χ1) is 7.77. The number of nitrogens with one attached hydrogen (secondary N) is 1. The van der Waals surface area contributed by atoms with E-state index < -0.39 is 0 Å². The van der Waals surface area contributed by atoms with E-state index in [1.54, 1.807) is 11.3 Å². The number of hydrogen-bond donors (Lipinski definition) is 2. The van der Waals surface area contributed by atoms with Crippen LogP contribution in [0.4, 0.5) is 0 Å². The summed E-state index contributed by atoms with van der Waals surface area (Å²) in [5.74, 6) is 0. The summed E-state index contributed by atoms with van der Waals surface area (Å²) < 4.78 is 5.34. The number of ether oxygens (including phenoxy) is 1. The lowest BCUT2D eigenvalue weighted by Gasteiger charge is -2.34. The van der Waals surface area contributed by atoms with Crippen LogP contribution in [0.25, 0.3) is 0 Å². The Kier molecular flexibility index (Phi) is 4.11. The number of rotatable bonds is 3. The highest BCUT2D eigenvalue weighted by molar-refractivity contribution is 7.80. The molecule has 2 rings (SSSR count). The SMILES string of the molecule is NC(=S)NC(c1cccs1)N1CCOCC1. The molecule has 0 aliphatic carbocycles. The normalized spacial score (nSPS) is 19.2. The van der Waals surface area contributed by atoms with Gasteiger partial charge in [-0.15, -0.1) is 11.3 Å². The Morgan fingerprint density at radius 3 is 2.88 bits per heavy atom. The van der Waals surface area contributed by atoms with Crippen LogP contribution in [0.5, 0.6) is 0 Å². The van der Waals surface area contributed by atoms with E-state index in [9.17, 15) is 0 Å². The van der Waals surface area contributed by atoms with E-state index in [0.717, 1.165) is 26.3 Å². The van der Waals surface area contributed by atoms with Gasteiger partial charge in [-0.25, -0.2) is 0 Å². The van der Waals surface area contributed by atoms with Gasteiger partial charge >= 0.3 is 0 Å². The van der Waals surface area contributed by atoms with Crippen molar-refractivity contribution in [1.29, 1.82) is 0 Å². The van der Waals surface area contributed by atoms with Gasteiger partial charge in [0.25, 0.3) is 0 Å². The van der Waals surface area contributed by atoms with Crippen LogP contribution in [0.15, 0.2) is 17.5 Å². The fraction of sp³-hybridized carbons (Fsp3) is 0.500. The maximum atomic E-state index is 5.57. The summed E-state index contributed by atoms with van der Waals surface area (Å²) >= 11 is 6.63. The third-order valence-corrected chi connectivity index (χ3v) is 3.55. The Labute approximate surface area is 104 Å². The van der Waals surface area contributed by atoms with Crippen molar-refractivity contribution in [3.05, 3.63) is 22.4 Å². The largest absolute Gasteiger partial charge is 0.379 e. The van der Waals surface area contributed by atoms with Crippen LogP contribution >= 0.6 is 23.6 Å². The van der Waals surface area contributed by atoms with E-state index >= 15 is 0 Å². The molecule has 6 heteroatoms. The van der Waals surface area contributed by atoms with Gasteiger partial charge in [-0.2, -0.15) is 0 Å². The van der Waals surface area contributed by atoms with Crippen LogP contribution in [0, 0.1) is 0 Å². The van der Waals surface area contributed by atoms with E-state index in [1.165, 1.54) is 4.88 Å². The highest BCUT2D eigenvalue weighted by Gasteiger charge is 2.23. The van der Waals surface area contributed by atoms with Crippen LogP contribution in [-0.2, 0) is 4.74 Å². The quantitative estimate of drug-likeness (QED) is 0.788. The van der Waals surface area contributed by atoms with Crippen LogP contribution in [-0.4, -0.2) is 36.3 Å². The molecule has 2 heterocycles. The predicted octanol–water partition coefficient (Wildman–Crippen LogP) is 0.912. The fourth-order valence-electron chi connectivity index (χ4n) is 1.76. The maximum Gasteiger partial charge on any atom is 0.165 e. The number of thiocarbonyl (C=S) groups is 1. The lowest BCUT2D eigenvalue weighted by Crippen LogP contribution is -2.47. The highest BCUT2D eigenvalue weighted by atomic mass is 32.1. The smallest absolute Gasteiger partial charge is 0.165 e. The zero-order valence-electron chi connectivity index (χ0n) is 8.89. The van der Waals surface area contributed by atoms with Gasteiger partial charge in [0.15, 0.2) is 5.11 Å². The minimum absolute atomic E-state index is 0.0846. The average molecular weight is 257 g/mol. The van der Waals surface area contributed by atoms with Gasteiger partial charge in [0.2, 0.25) is 0 Å². The van der Waals surface area contributed by atoms with Gasteiger partial charge in [-0.05, 0) is 23.7 Å². The molecule has 1 fully saturated rings. The third kappa shape index (κ3) is 2.91. The average Bonchev–Trinajstić information content (AvgIpc) is 2.80. The summed E-state index contributed by atoms with van der Waals surface area (Å²) in [4.78, 5) is 3.53. The van der Waals surface area contributed by atoms with Crippen molar-refractivity contribution >= 4 is 28.7 Å². The second-order valence-electron chi connectivity index (χ2n) is 3.57.